The van der Waals surface area contributed by atoms with Crippen LogP contribution in [0.3, 0.4) is 0 Å². The molecule has 0 spiro atoms. The van der Waals surface area contributed by atoms with Gasteiger partial charge in [0.05, 0.1) is 0 Å². The molecule has 2 heterocycles. The van der Waals surface area contributed by atoms with Crippen molar-refractivity contribution in [3.8, 4) is 0 Å². The summed E-state index contributed by atoms with van der Waals surface area (Å²) in [5, 5.41) is 18.0. The van der Waals surface area contributed by atoms with Gasteiger partial charge in [0.2, 0.25) is 0 Å². The van der Waals surface area contributed by atoms with Crippen LogP contribution in [0.15, 0.2) is 64.9 Å². The maximum atomic E-state index is 4.45. The molecule has 2 aromatic heterocycles. The number of aromatic nitrogens is 5. The number of H-pyrrole nitrogens is 1. The van der Waals surface area contributed by atoms with Gasteiger partial charge in [-0.3, -0.25) is 0 Å². The highest BCUT2D eigenvalue weighted by molar-refractivity contribution is 7.99. The van der Waals surface area contributed by atoms with Crippen LogP contribution in [0.2, 0.25) is 0 Å². The predicted octanol–water partition coefficient (Wildman–Crippen LogP) is 7.94. The largest absolute Gasteiger partial charge is 0.359 e. The molecule has 2 rings (SSSR count). The minimum atomic E-state index is -0.0480. The van der Waals surface area contributed by atoms with Crippen molar-refractivity contribution in [2.24, 2.45) is 0 Å². The lowest BCUT2D eigenvalue weighted by Crippen LogP contribution is -2.16. The first kappa shape index (κ1) is 29.6. The fourth-order valence-corrected chi connectivity index (χ4v) is 4.61. The van der Waals surface area contributed by atoms with Crippen molar-refractivity contribution in [1.82, 2.24) is 25.6 Å². The maximum Gasteiger partial charge on any atom is 0.197 e. The Morgan fingerprint density at radius 1 is 0.917 bits per heavy atom. The van der Waals surface area contributed by atoms with Crippen molar-refractivity contribution in [3.05, 3.63) is 76.3 Å². The molecule has 0 aliphatic rings. The quantitative estimate of drug-likeness (QED) is 0.177. The Morgan fingerprint density at radius 2 is 1.56 bits per heavy atom. The SMILES string of the molecule is CC(C)=CCC/C(C)=C/CC/C(C)=C/CC/C(C)=C/CSCC(Nc1ccc(C)cn1)c1nn[nH]n1. The highest BCUT2D eigenvalue weighted by atomic mass is 32.2. The first-order chi connectivity index (χ1) is 17.3. The zero-order valence-corrected chi connectivity index (χ0v) is 23.8. The standard InChI is InChI=1S/C29H44N6S/c1-22(2)10-7-11-23(3)12-8-13-24(4)14-9-15-25(5)18-19-36-21-27(29-32-34-35-33-29)31-28-17-16-26(6)20-30-28/h10,12,14,16-18,20,27H,7-9,11,13,15,19,21H2,1-6H3,(H,30,31)(H,32,33,34,35)/b23-12+,24-14+,25-18+. The van der Waals surface area contributed by atoms with Crippen molar-refractivity contribution in [1.29, 1.82) is 0 Å². The number of anilines is 1. The van der Waals surface area contributed by atoms with Crippen molar-refractivity contribution in [2.45, 2.75) is 86.1 Å². The third kappa shape index (κ3) is 12.9. The molecule has 0 aliphatic heterocycles. The van der Waals surface area contributed by atoms with Crippen molar-refractivity contribution in [3.63, 3.8) is 0 Å². The number of aromatic amines is 1. The summed E-state index contributed by atoms with van der Waals surface area (Å²) in [6.45, 7) is 13.1. The number of rotatable bonds is 16. The van der Waals surface area contributed by atoms with Crippen LogP contribution in [0.1, 0.15) is 90.6 Å². The van der Waals surface area contributed by atoms with Gasteiger partial charge >= 0.3 is 0 Å². The molecular weight excluding hydrogens is 464 g/mol. The minimum absolute atomic E-state index is 0.0480. The Kier molecular flexibility index (Phi) is 13.9. The van der Waals surface area contributed by atoms with Crippen LogP contribution in [-0.2, 0) is 0 Å². The molecule has 36 heavy (non-hydrogen) atoms. The van der Waals surface area contributed by atoms with Crippen molar-refractivity contribution < 1.29 is 0 Å². The molecule has 0 aliphatic carbocycles. The van der Waals surface area contributed by atoms with Gasteiger partial charge in [-0.15, -0.1) is 10.2 Å². The first-order valence-corrected chi connectivity index (χ1v) is 14.1. The molecule has 2 N–H and O–H groups in total. The predicted molar refractivity (Wildman–Crippen MR) is 155 cm³/mol. The number of tetrazole rings is 1. The van der Waals surface area contributed by atoms with E-state index in [2.05, 4.69) is 89.8 Å². The zero-order chi connectivity index (χ0) is 26.2. The summed E-state index contributed by atoms with van der Waals surface area (Å²) in [6.07, 6.45) is 18.2. The molecule has 2 aromatic rings. The molecule has 0 aromatic carbocycles. The van der Waals surface area contributed by atoms with Crippen LogP contribution in [0.25, 0.3) is 0 Å². The second kappa shape index (κ2) is 16.9. The van der Waals surface area contributed by atoms with Crippen LogP contribution < -0.4 is 5.32 Å². The smallest absolute Gasteiger partial charge is 0.197 e. The molecular formula is C29H44N6S. The molecule has 0 amide bonds. The molecule has 6 nitrogen and oxygen atoms in total. The fraction of sp³-hybridized carbons (Fsp3) is 0.517. The van der Waals surface area contributed by atoms with E-state index in [1.165, 1.54) is 28.7 Å². The lowest BCUT2D eigenvalue weighted by atomic mass is 10.0. The van der Waals surface area contributed by atoms with Crippen LogP contribution in [-0.4, -0.2) is 37.1 Å². The molecule has 0 saturated carbocycles. The van der Waals surface area contributed by atoms with E-state index >= 15 is 0 Å². The normalized spacial score (nSPS) is 13.6. The highest BCUT2D eigenvalue weighted by Crippen LogP contribution is 2.21. The summed E-state index contributed by atoms with van der Waals surface area (Å²) in [6, 6.07) is 3.98. The summed E-state index contributed by atoms with van der Waals surface area (Å²) in [5.74, 6) is 3.27. The average molecular weight is 509 g/mol. The third-order valence-electron chi connectivity index (χ3n) is 5.90. The topological polar surface area (TPSA) is 79.4 Å². The Bertz CT molecular complexity index is 999. The lowest BCUT2D eigenvalue weighted by molar-refractivity contribution is 0.798. The zero-order valence-electron chi connectivity index (χ0n) is 23.0. The van der Waals surface area contributed by atoms with Crippen molar-refractivity contribution >= 4 is 17.6 Å². The molecule has 0 saturated heterocycles. The first-order valence-electron chi connectivity index (χ1n) is 12.9. The number of hydrogen-bond acceptors (Lipinski definition) is 6. The molecule has 1 unspecified atom stereocenters. The summed E-state index contributed by atoms with van der Waals surface area (Å²) in [7, 11) is 0. The lowest BCUT2D eigenvalue weighted by Gasteiger charge is -2.15. The highest BCUT2D eigenvalue weighted by Gasteiger charge is 2.16. The fourth-order valence-electron chi connectivity index (χ4n) is 3.60. The number of pyridine rings is 1. The van der Waals surface area contributed by atoms with E-state index in [0.717, 1.165) is 55.0 Å². The summed E-state index contributed by atoms with van der Waals surface area (Å²) < 4.78 is 0. The number of thioether (sulfide) groups is 1. The molecule has 0 bridgehead atoms. The summed E-state index contributed by atoms with van der Waals surface area (Å²) in [4.78, 5) is 4.45. The van der Waals surface area contributed by atoms with E-state index in [1.807, 2.05) is 37.0 Å². The van der Waals surface area contributed by atoms with E-state index in [0.29, 0.717) is 5.82 Å². The van der Waals surface area contributed by atoms with Crippen LogP contribution >= 0.6 is 11.8 Å². The van der Waals surface area contributed by atoms with Gasteiger partial charge in [0.25, 0.3) is 0 Å². The van der Waals surface area contributed by atoms with Gasteiger partial charge in [0.15, 0.2) is 5.82 Å². The Morgan fingerprint density at radius 3 is 2.11 bits per heavy atom. The summed E-state index contributed by atoms with van der Waals surface area (Å²) in [5.41, 5.74) is 6.97. The van der Waals surface area contributed by atoms with Crippen LogP contribution in [0.5, 0.6) is 0 Å². The van der Waals surface area contributed by atoms with Crippen molar-refractivity contribution in [2.75, 3.05) is 16.8 Å². The van der Waals surface area contributed by atoms with Crippen LogP contribution in [0, 0.1) is 6.92 Å². The second-order valence-electron chi connectivity index (χ2n) is 9.77. The van der Waals surface area contributed by atoms with Gasteiger partial charge in [-0.25, -0.2) is 4.98 Å². The second-order valence-corrected chi connectivity index (χ2v) is 10.8. The molecule has 1 atom stereocenters. The van der Waals surface area contributed by atoms with E-state index in [9.17, 15) is 0 Å². The minimum Gasteiger partial charge on any atom is -0.359 e. The van der Waals surface area contributed by atoms with Gasteiger partial charge < -0.3 is 5.32 Å². The van der Waals surface area contributed by atoms with Gasteiger partial charge in [-0.05, 0) is 91.7 Å². The molecule has 0 radical (unpaired) electrons. The molecule has 0 fully saturated rings. The summed E-state index contributed by atoms with van der Waals surface area (Å²) >= 11 is 1.86. The number of aryl methyl sites for hydroxylation is 1. The average Bonchev–Trinajstić information content (AvgIpc) is 3.37. The molecule has 7 heteroatoms. The maximum absolute atomic E-state index is 4.45. The number of nitrogens with one attached hydrogen (secondary N) is 2. The third-order valence-corrected chi connectivity index (χ3v) is 6.87. The Balaban J connectivity index is 1.70. The Hall–Kier alpha value is -2.67. The van der Waals surface area contributed by atoms with Gasteiger partial charge in [-0.1, -0.05) is 57.9 Å². The van der Waals surface area contributed by atoms with E-state index in [4.69, 9.17) is 0 Å². The van der Waals surface area contributed by atoms with Gasteiger partial charge in [-0.2, -0.15) is 17.0 Å². The number of nitrogens with zero attached hydrogens (tertiary/aromatic N) is 4. The van der Waals surface area contributed by atoms with E-state index in [-0.39, 0.29) is 6.04 Å². The monoisotopic (exact) mass is 508 g/mol. The Labute approximate surface area is 222 Å². The van der Waals surface area contributed by atoms with Gasteiger partial charge in [0, 0.05) is 17.7 Å². The number of allylic oxidation sites excluding steroid dienone is 7. The van der Waals surface area contributed by atoms with E-state index < -0.39 is 0 Å². The number of hydrogen-bond donors (Lipinski definition) is 2. The van der Waals surface area contributed by atoms with Crippen LogP contribution in [0.4, 0.5) is 5.82 Å². The van der Waals surface area contributed by atoms with E-state index in [1.54, 1.807) is 0 Å². The van der Waals surface area contributed by atoms with Gasteiger partial charge in [0.1, 0.15) is 11.9 Å². The molecule has 196 valence electrons.